The van der Waals surface area contributed by atoms with Gasteiger partial charge in [-0.25, -0.2) is 4.79 Å². The number of nitrogens with zero attached hydrogens (tertiary/aromatic N) is 2. The third kappa shape index (κ3) is 3.53. The first kappa shape index (κ1) is 19.9. The lowest BCUT2D eigenvalue weighted by Gasteiger charge is -2.44. The molecule has 2 fully saturated rings. The van der Waals surface area contributed by atoms with Gasteiger partial charge in [-0.3, -0.25) is 14.5 Å². The molecule has 6 heteroatoms. The van der Waals surface area contributed by atoms with E-state index in [1.54, 1.807) is 24.3 Å². The number of imide groups is 1. The summed E-state index contributed by atoms with van der Waals surface area (Å²) >= 11 is 0. The standard InChI is InChI=1S/C23H30N2O4/c1-15-13-23(11-12-24(14-23)21(28)29-22(2,3)4)10-9-18(15)25-19(26)16-7-5-6-8-17(16)20(25)27/h5-8,15,18H,9-14H2,1-4H3/t15-,18?,23-/m0/s1. The Labute approximate surface area is 172 Å². The minimum Gasteiger partial charge on any atom is -0.444 e. The Morgan fingerprint density at radius 2 is 1.72 bits per heavy atom. The van der Waals surface area contributed by atoms with Gasteiger partial charge in [-0.1, -0.05) is 19.1 Å². The molecule has 1 aromatic carbocycles. The van der Waals surface area contributed by atoms with Crippen LogP contribution in [0.2, 0.25) is 0 Å². The third-order valence-electron chi connectivity index (χ3n) is 6.63. The molecule has 3 aliphatic rings. The lowest BCUT2D eigenvalue weighted by atomic mass is 9.67. The number of hydrogen-bond donors (Lipinski definition) is 0. The molecule has 1 aromatic rings. The van der Waals surface area contributed by atoms with Gasteiger partial charge >= 0.3 is 6.09 Å². The lowest BCUT2D eigenvalue weighted by molar-refractivity contribution is 0.0208. The molecule has 156 valence electrons. The summed E-state index contributed by atoms with van der Waals surface area (Å²) in [4.78, 5) is 41.5. The molecule has 0 aromatic heterocycles. The van der Waals surface area contributed by atoms with Crippen LogP contribution in [-0.2, 0) is 4.74 Å². The van der Waals surface area contributed by atoms with E-state index in [9.17, 15) is 14.4 Å². The van der Waals surface area contributed by atoms with E-state index in [2.05, 4.69) is 6.92 Å². The monoisotopic (exact) mass is 398 g/mol. The summed E-state index contributed by atoms with van der Waals surface area (Å²) < 4.78 is 5.54. The number of hydrogen-bond acceptors (Lipinski definition) is 4. The Bertz CT molecular complexity index is 824. The van der Waals surface area contributed by atoms with Crippen molar-refractivity contribution in [2.75, 3.05) is 13.1 Å². The molecule has 1 unspecified atom stereocenters. The number of carbonyl (C=O) groups excluding carboxylic acids is 3. The van der Waals surface area contributed by atoms with Crippen molar-refractivity contribution in [2.24, 2.45) is 11.3 Å². The second-order valence-electron chi connectivity index (χ2n) is 9.97. The molecule has 1 spiro atoms. The van der Waals surface area contributed by atoms with Gasteiger partial charge in [-0.2, -0.15) is 0 Å². The van der Waals surface area contributed by atoms with E-state index in [-0.39, 0.29) is 35.3 Å². The maximum Gasteiger partial charge on any atom is 0.410 e. The summed E-state index contributed by atoms with van der Waals surface area (Å²) in [6.45, 7) is 9.18. The predicted molar refractivity (Wildman–Crippen MR) is 109 cm³/mol. The van der Waals surface area contributed by atoms with E-state index in [4.69, 9.17) is 4.74 Å². The normalized spacial score (nSPS) is 29.5. The zero-order valence-corrected chi connectivity index (χ0v) is 17.7. The first-order chi connectivity index (χ1) is 13.6. The van der Waals surface area contributed by atoms with Crippen LogP contribution in [0.5, 0.6) is 0 Å². The van der Waals surface area contributed by atoms with Gasteiger partial charge in [-0.15, -0.1) is 0 Å². The number of benzene rings is 1. The van der Waals surface area contributed by atoms with Gasteiger partial charge in [0.2, 0.25) is 0 Å². The van der Waals surface area contributed by atoms with Crippen molar-refractivity contribution in [3.8, 4) is 0 Å². The first-order valence-corrected chi connectivity index (χ1v) is 10.6. The average Bonchev–Trinajstić information content (AvgIpc) is 3.15. The number of carbonyl (C=O) groups is 3. The summed E-state index contributed by atoms with van der Waals surface area (Å²) in [6, 6.07) is 7.00. The molecule has 29 heavy (non-hydrogen) atoms. The molecule has 0 radical (unpaired) electrons. The van der Waals surface area contributed by atoms with E-state index >= 15 is 0 Å². The van der Waals surface area contributed by atoms with Gasteiger partial charge < -0.3 is 9.64 Å². The van der Waals surface area contributed by atoms with Crippen molar-refractivity contribution in [2.45, 2.75) is 65.0 Å². The topological polar surface area (TPSA) is 66.9 Å². The highest BCUT2D eigenvalue weighted by atomic mass is 16.6. The van der Waals surface area contributed by atoms with Crippen LogP contribution >= 0.6 is 0 Å². The molecule has 4 rings (SSSR count). The maximum absolute atomic E-state index is 12.9. The van der Waals surface area contributed by atoms with Crippen LogP contribution in [0.4, 0.5) is 4.79 Å². The minimum atomic E-state index is -0.497. The lowest BCUT2D eigenvalue weighted by Crippen LogP contribution is -2.49. The third-order valence-corrected chi connectivity index (χ3v) is 6.63. The number of ether oxygens (including phenoxy) is 1. The molecular weight excluding hydrogens is 368 g/mol. The number of amides is 3. The largest absolute Gasteiger partial charge is 0.444 e. The molecule has 3 atom stereocenters. The highest BCUT2D eigenvalue weighted by Gasteiger charge is 2.50. The Hall–Kier alpha value is -2.37. The van der Waals surface area contributed by atoms with Crippen LogP contribution in [0.1, 0.15) is 74.1 Å². The molecule has 1 aliphatic carbocycles. The molecular formula is C23H30N2O4. The minimum absolute atomic E-state index is 0.0610. The highest BCUT2D eigenvalue weighted by Crippen LogP contribution is 2.48. The quantitative estimate of drug-likeness (QED) is 0.668. The summed E-state index contributed by atoms with van der Waals surface area (Å²) in [5, 5.41) is 0. The Kier molecular flexibility index (Phi) is 4.71. The summed E-state index contributed by atoms with van der Waals surface area (Å²) in [5.41, 5.74) is 0.596. The fraction of sp³-hybridized carbons (Fsp3) is 0.609. The van der Waals surface area contributed by atoms with Gasteiger partial charge in [0.25, 0.3) is 11.8 Å². The fourth-order valence-electron chi connectivity index (χ4n) is 5.34. The zero-order chi connectivity index (χ0) is 21.0. The zero-order valence-electron chi connectivity index (χ0n) is 17.7. The Morgan fingerprint density at radius 3 is 2.28 bits per heavy atom. The van der Waals surface area contributed by atoms with Gasteiger partial charge in [0.05, 0.1) is 11.1 Å². The van der Waals surface area contributed by atoms with Crippen LogP contribution in [0.25, 0.3) is 0 Å². The SMILES string of the molecule is C[C@H]1C[C@]2(CCC1N1C(=O)c3ccccc3C1=O)CCN(C(=O)OC(C)(C)C)C2. The van der Waals surface area contributed by atoms with Gasteiger partial charge in [0, 0.05) is 19.1 Å². The molecule has 0 N–H and O–H groups in total. The average molecular weight is 399 g/mol. The van der Waals surface area contributed by atoms with Crippen molar-refractivity contribution < 1.29 is 19.1 Å². The number of fused-ring (bicyclic) bond motifs is 1. The van der Waals surface area contributed by atoms with Crippen molar-refractivity contribution in [3.05, 3.63) is 35.4 Å². The molecule has 6 nitrogen and oxygen atoms in total. The molecule has 2 aliphatic heterocycles. The van der Waals surface area contributed by atoms with Crippen molar-refractivity contribution in [1.82, 2.24) is 9.80 Å². The number of likely N-dealkylation sites (tertiary alicyclic amines) is 1. The van der Waals surface area contributed by atoms with Crippen LogP contribution in [0, 0.1) is 11.3 Å². The van der Waals surface area contributed by atoms with Crippen LogP contribution < -0.4 is 0 Å². The van der Waals surface area contributed by atoms with Crippen molar-refractivity contribution in [3.63, 3.8) is 0 Å². The van der Waals surface area contributed by atoms with Crippen LogP contribution in [-0.4, -0.2) is 52.4 Å². The first-order valence-electron chi connectivity index (χ1n) is 10.6. The van der Waals surface area contributed by atoms with E-state index in [0.29, 0.717) is 24.2 Å². The number of rotatable bonds is 1. The Morgan fingerprint density at radius 1 is 1.10 bits per heavy atom. The molecule has 0 bridgehead atoms. The Balaban J connectivity index is 1.44. The van der Waals surface area contributed by atoms with Crippen molar-refractivity contribution in [1.29, 1.82) is 0 Å². The van der Waals surface area contributed by atoms with E-state index in [1.807, 2.05) is 25.7 Å². The van der Waals surface area contributed by atoms with Crippen LogP contribution in [0.15, 0.2) is 24.3 Å². The van der Waals surface area contributed by atoms with E-state index in [0.717, 1.165) is 25.7 Å². The molecule has 3 amide bonds. The van der Waals surface area contributed by atoms with Crippen LogP contribution in [0.3, 0.4) is 0 Å². The molecule has 1 saturated heterocycles. The van der Waals surface area contributed by atoms with E-state index in [1.165, 1.54) is 4.90 Å². The summed E-state index contributed by atoms with van der Waals surface area (Å²) in [5.74, 6) is -0.134. The summed E-state index contributed by atoms with van der Waals surface area (Å²) in [7, 11) is 0. The molecule has 1 saturated carbocycles. The highest BCUT2D eigenvalue weighted by molar-refractivity contribution is 6.21. The second-order valence-corrected chi connectivity index (χ2v) is 9.97. The maximum atomic E-state index is 12.9. The van der Waals surface area contributed by atoms with Gasteiger partial charge in [0.1, 0.15) is 5.60 Å². The van der Waals surface area contributed by atoms with Gasteiger partial charge in [0.15, 0.2) is 0 Å². The van der Waals surface area contributed by atoms with Crippen molar-refractivity contribution >= 4 is 17.9 Å². The molecule has 2 heterocycles. The fourth-order valence-corrected chi connectivity index (χ4v) is 5.34. The summed E-state index contributed by atoms with van der Waals surface area (Å²) in [6.07, 6.45) is 3.31. The van der Waals surface area contributed by atoms with Gasteiger partial charge in [-0.05, 0) is 69.9 Å². The predicted octanol–water partition coefficient (Wildman–Crippen LogP) is 4.10. The smallest absolute Gasteiger partial charge is 0.410 e. The second kappa shape index (κ2) is 6.85. The van der Waals surface area contributed by atoms with E-state index < -0.39 is 5.60 Å².